The second kappa shape index (κ2) is 15.7. The van der Waals surface area contributed by atoms with Crippen LogP contribution >= 0.6 is 0 Å². The number of halogens is 2. The molecule has 3 fully saturated rings. The Hall–Kier alpha value is -4.74. The van der Waals surface area contributed by atoms with Crippen molar-refractivity contribution in [2.45, 2.75) is 120 Å². The first kappa shape index (κ1) is 42.4. The van der Waals surface area contributed by atoms with Crippen LogP contribution in [0.3, 0.4) is 0 Å². The van der Waals surface area contributed by atoms with Crippen molar-refractivity contribution in [3.63, 3.8) is 0 Å². The molecular formula is C41H54F2N6O9S. The number of ether oxygens (including phenoxy) is 3. The van der Waals surface area contributed by atoms with E-state index in [1.807, 2.05) is 44.3 Å². The molecule has 0 bridgehead atoms. The standard InChI is InChI=1S/C41H54F2N6O9S/c1-23-9-7-8-10-25-21-41(25,37(52)47-59(54,55)27-11-12-27)46-34(50)31-20-26(57-35-29-13-14-30-33(28(29)15-16-44-35)56-18-17-48(30)6)22-49(31)36(51)32(24(2)19-23)45-38(53)58-39(3,4)40(5,42)43/h8,10,13-16,23-27,31-32H,7,9,11-12,17-22H2,1-6H3,(H,45,53)(H,46,50)(H,47,52)/b10-8-/t23-,24+,25?,26+,31-,32-,41+/m0/s1. The van der Waals surface area contributed by atoms with Gasteiger partial charge in [0.25, 0.3) is 11.8 Å². The first-order valence-electron chi connectivity index (χ1n) is 20.4. The molecule has 18 heteroatoms. The fourth-order valence-corrected chi connectivity index (χ4v) is 9.64. The molecule has 322 valence electrons. The average Bonchev–Trinajstić information content (AvgIpc) is 4.08. The minimum atomic E-state index is -3.96. The lowest BCUT2D eigenvalue weighted by atomic mass is 9.88. The molecule has 2 aliphatic carbocycles. The minimum Gasteiger partial charge on any atom is -0.489 e. The number of amides is 4. The Morgan fingerprint density at radius 1 is 1.07 bits per heavy atom. The maximum absolute atomic E-state index is 14.9. The molecule has 5 aliphatic rings. The van der Waals surface area contributed by atoms with Crippen LogP contribution in [0.15, 0.2) is 36.5 Å². The third-order valence-corrected chi connectivity index (χ3v) is 14.3. The molecule has 59 heavy (non-hydrogen) atoms. The Kier molecular flexibility index (Phi) is 11.3. The van der Waals surface area contributed by atoms with Crippen molar-refractivity contribution in [3.05, 3.63) is 36.5 Å². The SMILES string of the molecule is C[C@H]1CC/C=C\C2C[C@@]2(C(=O)NS(=O)(=O)C2CC2)NC(=O)[C@@H]2C[C@@H](Oc3nccc4c5c(ccc34)N(C)CCO5)CN2C(=O)[C@@H](NC(=O)OC(C)(C)C(C)(F)F)[C@H](C)C1. The highest BCUT2D eigenvalue weighted by Crippen LogP contribution is 2.46. The third kappa shape index (κ3) is 8.64. The molecule has 1 aromatic heterocycles. The highest BCUT2D eigenvalue weighted by Gasteiger charge is 2.62. The highest BCUT2D eigenvalue weighted by atomic mass is 32.2. The molecule has 4 heterocycles. The number of nitrogens with one attached hydrogen (secondary N) is 3. The van der Waals surface area contributed by atoms with E-state index in [-0.39, 0.29) is 31.2 Å². The van der Waals surface area contributed by atoms with Gasteiger partial charge in [-0.2, -0.15) is 0 Å². The van der Waals surface area contributed by atoms with E-state index in [2.05, 4.69) is 25.2 Å². The lowest BCUT2D eigenvalue weighted by molar-refractivity contribution is -0.152. The summed E-state index contributed by atoms with van der Waals surface area (Å²) in [6.45, 7) is 7.58. The zero-order chi connectivity index (χ0) is 42.7. The van der Waals surface area contributed by atoms with E-state index in [0.717, 1.165) is 24.9 Å². The number of fused-ring (bicyclic) bond motifs is 5. The van der Waals surface area contributed by atoms with Gasteiger partial charge in [-0.3, -0.25) is 19.1 Å². The van der Waals surface area contributed by atoms with Crippen molar-refractivity contribution < 1.29 is 50.6 Å². The number of anilines is 1. The highest BCUT2D eigenvalue weighted by molar-refractivity contribution is 7.91. The van der Waals surface area contributed by atoms with Crippen LogP contribution in [-0.4, -0.2) is 109 Å². The molecular weight excluding hydrogens is 791 g/mol. The average molecular weight is 845 g/mol. The summed E-state index contributed by atoms with van der Waals surface area (Å²) in [7, 11) is -1.99. The summed E-state index contributed by atoms with van der Waals surface area (Å²) in [4.78, 5) is 64.5. The maximum Gasteiger partial charge on any atom is 0.408 e. The van der Waals surface area contributed by atoms with Gasteiger partial charge in [0.15, 0.2) is 11.4 Å². The van der Waals surface area contributed by atoms with Gasteiger partial charge >= 0.3 is 6.09 Å². The van der Waals surface area contributed by atoms with E-state index in [9.17, 15) is 36.4 Å². The van der Waals surface area contributed by atoms with Crippen LogP contribution in [0.2, 0.25) is 0 Å². The van der Waals surface area contributed by atoms with E-state index >= 15 is 0 Å². The van der Waals surface area contributed by atoms with Crippen molar-refractivity contribution in [1.82, 2.24) is 25.2 Å². The third-order valence-electron chi connectivity index (χ3n) is 12.5. The Balaban J connectivity index is 1.23. The summed E-state index contributed by atoms with van der Waals surface area (Å²) in [5, 5.41) is 6.12. The van der Waals surface area contributed by atoms with Crippen molar-refractivity contribution in [1.29, 1.82) is 0 Å². The summed E-state index contributed by atoms with van der Waals surface area (Å²) in [6, 6.07) is 3.02. The van der Waals surface area contributed by atoms with Crippen molar-refractivity contribution >= 4 is 50.3 Å². The largest absolute Gasteiger partial charge is 0.489 e. The molecule has 15 nitrogen and oxygen atoms in total. The van der Waals surface area contributed by atoms with Gasteiger partial charge in [-0.25, -0.2) is 27.0 Å². The molecule has 3 N–H and O–H groups in total. The number of carbonyl (C=O) groups excluding carboxylic acids is 4. The van der Waals surface area contributed by atoms with Crippen LogP contribution in [-0.2, 0) is 29.1 Å². The summed E-state index contributed by atoms with van der Waals surface area (Å²) < 4.78 is 74.6. The second-order valence-corrected chi connectivity index (χ2v) is 19.5. The van der Waals surface area contributed by atoms with Crippen molar-refractivity contribution in [2.75, 3.05) is 31.6 Å². The number of alkyl halides is 2. The van der Waals surface area contributed by atoms with Crippen molar-refractivity contribution in [2.24, 2.45) is 17.8 Å². The number of likely N-dealkylation sites (N-methyl/N-ethyl adjacent to an activating group) is 1. The van der Waals surface area contributed by atoms with Gasteiger partial charge in [-0.1, -0.05) is 26.0 Å². The number of hydrogen-bond donors (Lipinski definition) is 3. The quantitative estimate of drug-likeness (QED) is 0.320. The Morgan fingerprint density at radius 2 is 1.81 bits per heavy atom. The van der Waals surface area contributed by atoms with E-state index in [1.54, 1.807) is 13.1 Å². The number of hydrogen-bond acceptors (Lipinski definition) is 11. The summed E-state index contributed by atoms with van der Waals surface area (Å²) in [6.07, 6.45) is 5.90. The molecule has 1 unspecified atom stereocenters. The van der Waals surface area contributed by atoms with Gasteiger partial charge in [0, 0.05) is 43.3 Å². The first-order chi connectivity index (χ1) is 27.7. The van der Waals surface area contributed by atoms with Gasteiger partial charge in [0.2, 0.25) is 27.7 Å². The van der Waals surface area contributed by atoms with Crippen LogP contribution in [0.1, 0.15) is 79.6 Å². The number of benzene rings is 1. The number of alkyl carbamates (subject to hydrolysis) is 1. The minimum absolute atomic E-state index is 0.0254. The number of aromatic nitrogens is 1. The molecule has 2 saturated carbocycles. The first-order valence-corrected chi connectivity index (χ1v) is 21.9. The number of nitrogens with zero attached hydrogens (tertiary/aromatic N) is 3. The van der Waals surface area contributed by atoms with Gasteiger partial charge < -0.3 is 34.6 Å². The molecule has 1 saturated heterocycles. The zero-order valence-electron chi connectivity index (χ0n) is 34.3. The van der Waals surface area contributed by atoms with Crippen molar-refractivity contribution in [3.8, 4) is 11.6 Å². The normalized spacial score (nSPS) is 29.7. The lowest BCUT2D eigenvalue weighted by Crippen LogP contribution is -2.59. The maximum atomic E-state index is 14.9. The predicted octanol–water partition coefficient (Wildman–Crippen LogP) is 4.44. The van der Waals surface area contributed by atoms with Gasteiger partial charge in [0.1, 0.15) is 30.3 Å². The fourth-order valence-electron chi connectivity index (χ4n) is 8.27. The molecule has 2 aromatic rings. The van der Waals surface area contributed by atoms with Crippen LogP contribution in [0.5, 0.6) is 11.6 Å². The molecule has 7 rings (SSSR count). The van der Waals surface area contributed by atoms with E-state index < -0.39 is 86.2 Å². The monoisotopic (exact) mass is 844 g/mol. The van der Waals surface area contributed by atoms with Gasteiger partial charge in [-0.05, 0) is 82.4 Å². The Morgan fingerprint density at radius 3 is 2.53 bits per heavy atom. The Bertz CT molecular complexity index is 2140. The fraction of sp³-hybridized carbons (Fsp3) is 0.634. The summed E-state index contributed by atoms with van der Waals surface area (Å²) >= 11 is 0. The molecule has 0 radical (unpaired) electrons. The van der Waals surface area contributed by atoms with Gasteiger partial charge in [0.05, 0.1) is 24.0 Å². The predicted molar refractivity (Wildman–Crippen MR) is 214 cm³/mol. The zero-order valence-corrected chi connectivity index (χ0v) is 35.1. The number of rotatable bonds is 8. The van der Waals surface area contributed by atoms with Crippen LogP contribution in [0, 0.1) is 17.8 Å². The van der Waals surface area contributed by atoms with Crippen LogP contribution in [0.25, 0.3) is 10.8 Å². The molecule has 3 aliphatic heterocycles. The Labute approximate surface area is 343 Å². The smallest absolute Gasteiger partial charge is 0.408 e. The lowest BCUT2D eigenvalue weighted by Gasteiger charge is -2.35. The van der Waals surface area contributed by atoms with E-state index in [0.29, 0.717) is 63.3 Å². The number of sulfonamides is 1. The topological polar surface area (TPSA) is 186 Å². The van der Waals surface area contributed by atoms with Gasteiger partial charge in [-0.15, -0.1) is 0 Å². The van der Waals surface area contributed by atoms with Crippen LogP contribution in [0.4, 0.5) is 19.3 Å². The number of allylic oxidation sites excluding steroid dienone is 1. The van der Waals surface area contributed by atoms with E-state index in [4.69, 9.17) is 14.2 Å². The molecule has 1 aromatic carbocycles. The summed E-state index contributed by atoms with van der Waals surface area (Å²) in [5.41, 5.74) is -2.91. The molecule has 4 amide bonds. The molecule has 0 spiro atoms. The second-order valence-electron chi connectivity index (χ2n) is 17.6. The van der Waals surface area contributed by atoms with Crippen LogP contribution < -0.4 is 29.7 Å². The van der Waals surface area contributed by atoms with E-state index in [1.165, 1.54) is 4.90 Å². The molecule has 7 atom stereocenters. The summed E-state index contributed by atoms with van der Waals surface area (Å²) in [5.74, 6) is -5.78. The number of pyridine rings is 1. The number of carbonyl (C=O) groups is 4.